The Kier molecular flexibility index (Phi) is 3.87. The largest absolute Gasteiger partial charge is 0.489 e. The number of ether oxygens (including phenoxy) is 1. The normalized spacial score (nSPS) is 10.4. The van der Waals surface area contributed by atoms with E-state index in [9.17, 15) is 4.79 Å². The molecule has 0 unspecified atom stereocenters. The van der Waals surface area contributed by atoms with Gasteiger partial charge >= 0.3 is 5.97 Å². The summed E-state index contributed by atoms with van der Waals surface area (Å²) in [5, 5.41) is 15.3. The van der Waals surface area contributed by atoms with Crippen molar-refractivity contribution in [3.8, 4) is 17.0 Å². The Morgan fingerprint density at radius 1 is 1.09 bits per heavy atom. The molecule has 0 atom stereocenters. The van der Waals surface area contributed by atoms with E-state index in [0.29, 0.717) is 12.3 Å². The minimum Gasteiger partial charge on any atom is -0.489 e. The molecule has 0 saturated carbocycles. The fourth-order valence-electron chi connectivity index (χ4n) is 2.04. The number of benzene rings is 2. The number of carboxylic acid groups (broad SMARTS) is 1. The molecule has 2 aromatic carbocycles. The van der Waals surface area contributed by atoms with Crippen molar-refractivity contribution in [2.45, 2.75) is 6.61 Å². The van der Waals surface area contributed by atoms with E-state index >= 15 is 0 Å². The summed E-state index contributed by atoms with van der Waals surface area (Å²) in [4.78, 5) is 10.8. The number of rotatable bonds is 5. The molecule has 0 saturated heterocycles. The summed E-state index contributed by atoms with van der Waals surface area (Å²) in [6.45, 7) is 0.506. The first-order valence-electron chi connectivity index (χ1n) is 6.78. The third-order valence-corrected chi connectivity index (χ3v) is 3.21. The fraction of sp³-hybridized carbons (Fsp3) is 0.0588. The van der Waals surface area contributed by atoms with E-state index in [1.54, 1.807) is 0 Å². The molecule has 1 aromatic heterocycles. The van der Waals surface area contributed by atoms with Gasteiger partial charge in [-0.05, 0) is 35.9 Å². The second kappa shape index (κ2) is 6.13. The molecule has 1 heterocycles. The number of H-pyrrole nitrogens is 1. The average Bonchev–Trinajstić information content (AvgIpc) is 3.05. The van der Waals surface area contributed by atoms with E-state index in [0.717, 1.165) is 16.9 Å². The van der Waals surface area contributed by atoms with Gasteiger partial charge in [0.05, 0.1) is 5.69 Å². The van der Waals surface area contributed by atoms with Gasteiger partial charge in [-0.3, -0.25) is 5.10 Å². The second-order valence-corrected chi connectivity index (χ2v) is 4.77. The Morgan fingerprint density at radius 2 is 1.82 bits per heavy atom. The van der Waals surface area contributed by atoms with Crippen LogP contribution in [0, 0.1) is 0 Å². The third kappa shape index (κ3) is 3.15. The van der Waals surface area contributed by atoms with Crippen molar-refractivity contribution in [2.24, 2.45) is 0 Å². The number of carbonyl (C=O) groups is 1. The first-order chi connectivity index (χ1) is 10.7. The van der Waals surface area contributed by atoms with E-state index in [-0.39, 0.29) is 5.69 Å². The molecule has 0 aliphatic rings. The lowest BCUT2D eigenvalue weighted by molar-refractivity contribution is 0.0690. The Morgan fingerprint density at radius 3 is 2.45 bits per heavy atom. The van der Waals surface area contributed by atoms with Crippen molar-refractivity contribution >= 4 is 5.97 Å². The lowest BCUT2D eigenvalue weighted by atomic mass is 10.1. The van der Waals surface area contributed by atoms with Crippen LogP contribution in [0.25, 0.3) is 11.3 Å². The molecule has 3 rings (SSSR count). The number of nitrogens with one attached hydrogen (secondary N) is 1. The summed E-state index contributed by atoms with van der Waals surface area (Å²) in [5.41, 5.74) is 2.59. The highest BCUT2D eigenvalue weighted by Gasteiger charge is 2.09. The molecule has 5 heteroatoms. The highest BCUT2D eigenvalue weighted by Crippen LogP contribution is 2.22. The quantitative estimate of drug-likeness (QED) is 0.756. The molecule has 0 aliphatic carbocycles. The minimum atomic E-state index is -1.03. The van der Waals surface area contributed by atoms with E-state index in [1.165, 1.54) is 6.07 Å². The summed E-state index contributed by atoms with van der Waals surface area (Å²) in [6.07, 6.45) is 0. The molecule has 22 heavy (non-hydrogen) atoms. The van der Waals surface area contributed by atoms with Crippen molar-refractivity contribution < 1.29 is 14.6 Å². The van der Waals surface area contributed by atoms with E-state index in [1.807, 2.05) is 54.6 Å². The van der Waals surface area contributed by atoms with Gasteiger partial charge in [-0.15, -0.1) is 0 Å². The van der Waals surface area contributed by atoms with Crippen molar-refractivity contribution in [3.05, 3.63) is 71.9 Å². The molecule has 0 spiro atoms. The second-order valence-electron chi connectivity index (χ2n) is 4.77. The van der Waals surface area contributed by atoms with E-state index in [2.05, 4.69) is 10.2 Å². The van der Waals surface area contributed by atoms with Gasteiger partial charge < -0.3 is 9.84 Å². The average molecular weight is 294 g/mol. The molecule has 0 amide bonds. The van der Waals surface area contributed by atoms with Crippen LogP contribution in [0.5, 0.6) is 5.75 Å². The zero-order valence-electron chi connectivity index (χ0n) is 11.7. The first kappa shape index (κ1) is 13.9. The monoisotopic (exact) mass is 294 g/mol. The predicted octanol–water partition coefficient (Wildman–Crippen LogP) is 3.35. The molecule has 0 fully saturated rings. The van der Waals surface area contributed by atoms with Crippen molar-refractivity contribution in [1.82, 2.24) is 10.2 Å². The van der Waals surface area contributed by atoms with Crippen LogP contribution in [0.2, 0.25) is 0 Å². The maximum Gasteiger partial charge on any atom is 0.353 e. The van der Waals surface area contributed by atoms with Gasteiger partial charge in [0, 0.05) is 5.56 Å². The number of carboxylic acids is 1. The van der Waals surface area contributed by atoms with Crippen molar-refractivity contribution in [2.75, 3.05) is 0 Å². The number of aromatic amines is 1. The Labute approximate surface area is 127 Å². The predicted molar refractivity (Wildman–Crippen MR) is 81.8 cm³/mol. The SMILES string of the molecule is O=C(O)c1cc(-c2ccc(OCc3ccccc3)cc2)n[nH]1. The molecule has 0 aliphatic heterocycles. The highest BCUT2D eigenvalue weighted by molar-refractivity contribution is 5.86. The van der Waals surface area contributed by atoms with Crippen LogP contribution in [0.15, 0.2) is 60.7 Å². The van der Waals surface area contributed by atoms with Crippen molar-refractivity contribution in [3.63, 3.8) is 0 Å². The first-order valence-corrected chi connectivity index (χ1v) is 6.78. The summed E-state index contributed by atoms with van der Waals surface area (Å²) < 4.78 is 5.70. The number of aromatic nitrogens is 2. The van der Waals surface area contributed by atoms with Gasteiger partial charge in [-0.1, -0.05) is 30.3 Å². The number of hydrogen-bond acceptors (Lipinski definition) is 3. The van der Waals surface area contributed by atoms with Crippen LogP contribution in [0.1, 0.15) is 16.1 Å². The smallest absolute Gasteiger partial charge is 0.353 e. The van der Waals surface area contributed by atoms with Crippen molar-refractivity contribution in [1.29, 1.82) is 0 Å². The lowest BCUT2D eigenvalue weighted by Gasteiger charge is -2.06. The standard InChI is InChI=1S/C17H14N2O3/c20-17(21)16-10-15(18-19-16)13-6-8-14(9-7-13)22-11-12-4-2-1-3-5-12/h1-10H,11H2,(H,18,19)(H,20,21). The maximum atomic E-state index is 10.8. The Hall–Kier alpha value is -3.08. The molecule has 5 nitrogen and oxygen atoms in total. The Bertz CT molecular complexity index is 764. The van der Waals surface area contributed by atoms with Gasteiger partial charge in [0.2, 0.25) is 0 Å². The molecular formula is C17H14N2O3. The van der Waals surface area contributed by atoms with Gasteiger partial charge in [0.1, 0.15) is 18.1 Å². The van der Waals surface area contributed by atoms with Crippen LogP contribution in [-0.4, -0.2) is 21.3 Å². The zero-order chi connectivity index (χ0) is 15.4. The molecule has 0 radical (unpaired) electrons. The summed E-state index contributed by atoms with van der Waals surface area (Å²) in [5.74, 6) is -0.275. The lowest BCUT2D eigenvalue weighted by Crippen LogP contribution is -1.95. The molecule has 110 valence electrons. The minimum absolute atomic E-state index is 0.0689. The van der Waals surface area contributed by atoms with Crippen LogP contribution in [0.3, 0.4) is 0 Å². The molecular weight excluding hydrogens is 280 g/mol. The number of hydrogen-bond donors (Lipinski definition) is 2. The molecule has 0 bridgehead atoms. The molecule has 2 N–H and O–H groups in total. The van der Waals surface area contributed by atoms with Crippen LogP contribution in [-0.2, 0) is 6.61 Å². The maximum absolute atomic E-state index is 10.8. The van der Waals surface area contributed by atoms with Crippen LogP contribution in [0.4, 0.5) is 0 Å². The zero-order valence-corrected chi connectivity index (χ0v) is 11.7. The van der Waals surface area contributed by atoms with Crippen LogP contribution < -0.4 is 4.74 Å². The van der Waals surface area contributed by atoms with Gasteiger partial charge in [0.15, 0.2) is 0 Å². The summed E-state index contributed by atoms with van der Waals surface area (Å²) in [6, 6.07) is 18.8. The van der Waals surface area contributed by atoms with Gasteiger partial charge in [-0.2, -0.15) is 5.10 Å². The van der Waals surface area contributed by atoms with E-state index in [4.69, 9.17) is 9.84 Å². The van der Waals surface area contributed by atoms with Gasteiger partial charge in [0.25, 0.3) is 0 Å². The summed E-state index contributed by atoms with van der Waals surface area (Å²) >= 11 is 0. The summed E-state index contributed by atoms with van der Waals surface area (Å²) in [7, 11) is 0. The fourth-order valence-corrected chi connectivity index (χ4v) is 2.04. The van der Waals surface area contributed by atoms with E-state index < -0.39 is 5.97 Å². The number of nitrogens with zero attached hydrogens (tertiary/aromatic N) is 1. The highest BCUT2D eigenvalue weighted by atomic mass is 16.5. The Balaban J connectivity index is 1.68. The third-order valence-electron chi connectivity index (χ3n) is 3.21. The molecule has 3 aromatic rings. The van der Waals surface area contributed by atoms with Gasteiger partial charge in [-0.25, -0.2) is 4.79 Å². The topological polar surface area (TPSA) is 75.2 Å². The number of aromatic carboxylic acids is 1. The van der Waals surface area contributed by atoms with Crippen LogP contribution >= 0.6 is 0 Å².